The van der Waals surface area contributed by atoms with Gasteiger partial charge in [0.2, 0.25) is 10.0 Å². The minimum absolute atomic E-state index is 0.111. The molecule has 0 bridgehead atoms. The Morgan fingerprint density at radius 1 is 1.39 bits per heavy atom. The van der Waals surface area contributed by atoms with Crippen molar-refractivity contribution in [2.75, 3.05) is 19.8 Å². The van der Waals surface area contributed by atoms with Gasteiger partial charge in [0.15, 0.2) is 0 Å². The number of hydrogen-bond donors (Lipinski definition) is 3. The van der Waals surface area contributed by atoms with Crippen molar-refractivity contribution in [1.29, 1.82) is 0 Å². The Balaban J connectivity index is 2.89. The van der Waals surface area contributed by atoms with Crippen LogP contribution >= 0.6 is 0 Å². The number of H-pyrrole nitrogens is 1. The minimum atomic E-state index is -3.70. The van der Waals surface area contributed by atoms with Crippen LogP contribution in [0.3, 0.4) is 0 Å². The Bertz CT molecular complexity index is 472. The summed E-state index contributed by atoms with van der Waals surface area (Å²) in [5, 5.41) is 9.69. The van der Waals surface area contributed by atoms with Crippen LogP contribution in [0.1, 0.15) is 24.7 Å². The summed E-state index contributed by atoms with van der Waals surface area (Å²) in [6.45, 7) is 3.82. The summed E-state index contributed by atoms with van der Waals surface area (Å²) in [5.74, 6) is 0. The van der Waals surface area contributed by atoms with Crippen molar-refractivity contribution in [2.24, 2.45) is 0 Å². The lowest BCUT2D eigenvalue weighted by molar-refractivity contribution is 0.486. The number of nitrogens with zero attached hydrogens (tertiary/aromatic N) is 1. The molecule has 0 amide bonds. The van der Waals surface area contributed by atoms with Gasteiger partial charge in [0.05, 0.1) is 11.4 Å². The summed E-state index contributed by atoms with van der Waals surface area (Å²) in [6.07, 6.45) is 0.950. The second-order valence-electron chi connectivity index (χ2n) is 3.89. The van der Waals surface area contributed by atoms with Crippen LogP contribution in [0.2, 0.25) is 0 Å². The van der Waals surface area contributed by atoms with Gasteiger partial charge in [-0.15, -0.1) is 0 Å². The maximum atomic E-state index is 12.1. The molecule has 1 aromatic rings. The highest BCUT2D eigenvalue weighted by Gasteiger charge is 2.23. The van der Waals surface area contributed by atoms with Crippen molar-refractivity contribution >= 4 is 10.0 Å². The van der Waals surface area contributed by atoms with Gasteiger partial charge in [0, 0.05) is 13.1 Å². The number of aryl methyl sites for hydroxylation is 1. The van der Waals surface area contributed by atoms with Gasteiger partial charge in [-0.2, -0.15) is 5.10 Å². The Morgan fingerprint density at radius 3 is 2.72 bits per heavy atom. The molecule has 1 aromatic heterocycles. The maximum Gasteiger partial charge on any atom is 0.244 e. The molecule has 0 aliphatic rings. The smallest absolute Gasteiger partial charge is 0.244 e. The summed E-state index contributed by atoms with van der Waals surface area (Å²) < 4.78 is 38.2. The highest BCUT2D eigenvalue weighted by atomic mass is 32.2. The van der Waals surface area contributed by atoms with Gasteiger partial charge in [-0.3, -0.25) is 5.10 Å². The Kier molecular flexibility index (Phi) is 5.70. The molecular formula is C10H19FN4O2S. The summed E-state index contributed by atoms with van der Waals surface area (Å²) >= 11 is 0. The molecule has 3 N–H and O–H groups in total. The Labute approximate surface area is 106 Å². The monoisotopic (exact) mass is 278 g/mol. The lowest BCUT2D eigenvalue weighted by Gasteiger charge is -2.07. The standard InChI is InChI=1S/C10H19FN4O2S/c1-3-5-12-7-9-10(8(2)14-15-9)18(16,17)13-6-4-11/h12-13H,3-7H2,1-2H3,(H,14,15). The van der Waals surface area contributed by atoms with E-state index in [-0.39, 0.29) is 11.4 Å². The highest BCUT2D eigenvalue weighted by molar-refractivity contribution is 7.89. The van der Waals surface area contributed by atoms with E-state index in [0.717, 1.165) is 13.0 Å². The molecule has 8 heteroatoms. The molecule has 0 fully saturated rings. The van der Waals surface area contributed by atoms with E-state index in [1.54, 1.807) is 6.92 Å². The first-order valence-electron chi connectivity index (χ1n) is 5.83. The molecule has 0 radical (unpaired) electrons. The third-order valence-electron chi connectivity index (χ3n) is 2.34. The molecule has 0 aromatic carbocycles. The Hall–Kier alpha value is -0.990. The van der Waals surface area contributed by atoms with Gasteiger partial charge < -0.3 is 5.32 Å². The van der Waals surface area contributed by atoms with Crippen LogP contribution in [-0.4, -0.2) is 38.4 Å². The fourth-order valence-electron chi connectivity index (χ4n) is 1.57. The average Bonchev–Trinajstić information content (AvgIpc) is 2.69. The van der Waals surface area contributed by atoms with E-state index >= 15 is 0 Å². The van der Waals surface area contributed by atoms with Crippen LogP contribution in [-0.2, 0) is 16.6 Å². The lowest BCUT2D eigenvalue weighted by atomic mass is 10.3. The average molecular weight is 278 g/mol. The van der Waals surface area contributed by atoms with Gasteiger partial charge >= 0.3 is 0 Å². The molecule has 0 aliphatic heterocycles. The van der Waals surface area contributed by atoms with E-state index in [4.69, 9.17) is 0 Å². The van der Waals surface area contributed by atoms with E-state index in [1.165, 1.54) is 0 Å². The van der Waals surface area contributed by atoms with E-state index in [9.17, 15) is 12.8 Å². The van der Waals surface area contributed by atoms with Gasteiger partial charge in [0.1, 0.15) is 11.6 Å². The van der Waals surface area contributed by atoms with E-state index in [1.807, 2.05) is 6.92 Å². The molecule has 18 heavy (non-hydrogen) atoms. The topological polar surface area (TPSA) is 86.9 Å². The largest absolute Gasteiger partial charge is 0.311 e. The van der Waals surface area contributed by atoms with Crippen molar-refractivity contribution in [2.45, 2.75) is 31.7 Å². The van der Waals surface area contributed by atoms with E-state index in [2.05, 4.69) is 20.2 Å². The van der Waals surface area contributed by atoms with Crippen molar-refractivity contribution in [3.05, 3.63) is 11.4 Å². The summed E-state index contributed by atoms with van der Waals surface area (Å²) in [7, 11) is -3.70. The highest BCUT2D eigenvalue weighted by Crippen LogP contribution is 2.17. The molecule has 0 spiro atoms. The third kappa shape index (κ3) is 3.76. The molecule has 0 saturated heterocycles. The molecule has 0 aliphatic carbocycles. The number of sulfonamides is 1. The van der Waals surface area contributed by atoms with Crippen molar-refractivity contribution in [3.8, 4) is 0 Å². The van der Waals surface area contributed by atoms with Gasteiger partial charge in [0.25, 0.3) is 0 Å². The van der Waals surface area contributed by atoms with Crippen LogP contribution < -0.4 is 10.0 Å². The Morgan fingerprint density at radius 2 is 2.11 bits per heavy atom. The molecule has 0 saturated carbocycles. The zero-order valence-corrected chi connectivity index (χ0v) is 11.4. The zero-order valence-electron chi connectivity index (χ0n) is 10.6. The van der Waals surface area contributed by atoms with Crippen LogP contribution in [0, 0.1) is 6.92 Å². The van der Waals surface area contributed by atoms with Gasteiger partial charge in [-0.05, 0) is 19.9 Å². The lowest BCUT2D eigenvalue weighted by Crippen LogP contribution is -2.27. The molecular weight excluding hydrogens is 259 g/mol. The van der Waals surface area contributed by atoms with Crippen LogP contribution in [0.15, 0.2) is 4.90 Å². The number of hydrogen-bond acceptors (Lipinski definition) is 4. The van der Waals surface area contributed by atoms with Crippen molar-refractivity contribution < 1.29 is 12.8 Å². The van der Waals surface area contributed by atoms with Crippen molar-refractivity contribution in [1.82, 2.24) is 20.2 Å². The van der Waals surface area contributed by atoms with Gasteiger partial charge in [-0.25, -0.2) is 17.5 Å². The van der Waals surface area contributed by atoms with E-state index in [0.29, 0.717) is 17.9 Å². The normalized spacial score (nSPS) is 11.9. The first-order chi connectivity index (χ1) is 8.53. The predicted octanol–water partition coefficient (Wildman–Crippen LogP) is 0.466. The first kappa shape index (κ1) is 15.1. The molecule has 1 heterocycles. The second kappa shape index (κ2) is 6.81. The van der Waals surface area contributed by atoms with Crippen LogP contribution in [0.4, 0.5) is 4.39 Å². The fraction of sp³-hybridized carbons (Fsp3) is 0.700. The molecule has 6 nitrogen and oxygen atoms in total. The number of aromatic amines is 1. The maximum absolute atomic E-state index is 12.1. The zero-order chi connectivity index (χ0) is 13.6. The molecule has 0 atom stereocenters. The number of alkyl halides is 1. The quantitative estimate of drug-likeness (QED) is 0.603. The summed E-state index contributed by atoms with van der Waals surface area (Å²) in [6, 6.07) is 0. The van der Waals surface area contributed by atoms with E-state index < -0.39 is 16.7 Å². The van der Waals surface area contributed by atoms with Crippen LogP contribution in [0.5, 0.6) is 0 Å². The third-order valence-corrected chi connectivity index (χ3v) is 4.00. The molecule has 104 valence electrons. The summed E-state index contributed by atoms with van der Waals surface area (Å²) in [4.78, 5) is 0.111. The summed E-state index contributed by atoms with van der Waals surface area (Å²) in [5.41, 5.74) is 0.877. The SMILES string of the molecule is CCCNCc1n[nH]c(C)c1S(=O)(=O)NCCF. The predicted molar refractivity (Wildman–Crippen MR) is 66.5 cm³/mol. The van der Waals surface area contributed by atoms with Crippen molar-refractivity contribution in [3.63, 3.8) is 0 Å². The second-order valence-corrected chi connectivity index (χ2v) is 5.59. The molecule has 0 unspecified atom stereocenters. The van der Waals surface area contributed by atoms with Gasteiger partial charge in [-0.1, -0.05) is 6.92 Å². The number of aromatic nitrogens is 2. The first-order valence-corrected chi connectivity index (χ1v) is 7.31. The van der Waals surface area contributed by atoms with Crippen LogP contribution in [0.25, 0.3) is 0 Å². The number of halogens is 1. The number of nitrogens with one attached hydrogen (secondary N) is 3. The molecule has 1 rings (SSSR count). The fourth-order valence-corrected chi connectivity index (χ4v) is 2.94. The minimum Gasteiger partial charge on any atom is -0.311 e. The number of rotatable bonds is 8.